The maximum atomic E-state index is 13.2. The fraction of sp³-hybridized carbons (Fsp3) is 0.133. The standard InChI is InChI=1S/C30H28N4O4/c1-19-15-20(2)17-23(16-19)34-33-22-13-11-21(12-14-22)18-26(30(38)31-25-8-4-6-10-28(25)36)32-29(37)24-7-3-5-9-27(24)35/h3-17,26,35-36H,18H2,1-2H3,(H,31,38)(H,32,37)/t26-/m0/s1. The number of nitrogens with zero attached hydrogens (tertiary/aromatic N) is 2. The lowest BCUT2D eigenvalue weighted by Crippen LogP contribution is -2.45. The molecule has 0 saturated carbocycles. The third kappa shape index (κ3) is 6.82. The van der Waals surface area contributed by atoms with E-state index in [4.69, 9.17) is 0 Å². The van der Waals surface area contributed by atoms with Crippen LogP contribution < -0.4 is 10.6 Å². The van der Waals surface area contributed by atoms with Crippen molar-refractivity contribution in [2.75, 3.05) is 5.32 Å². The van der Waals surface area contributed by atoms with Gasteiger partial charge in [-0.1, -0.05) is 42.5 Å². The van der Waals surface area contributed by atoms with Crippen LogP contribution in [0.4, 0.5) is 17.1 Å². The molecule has 0 fully saturated rings. The van der Waals surface area contributed by atoms with E-state index in [1.54, 1.807) is 42.5 Å². The number of carbonyl (C=O) groups excluding carboxylic acids is 2. The average Bonchev–Trinajstić information content (AvgIpc) is 2.89. The predicted octanol–water partition coefficient (Wildman–Crippen LogP) is 6.11. The summed E-state index contributed by atoms with van der Waals surface area (Å²) in [6.07, 6.45) is 0.160. The monoisotopic (exact) mass is 508 g/mol. The second-order valence-electron chi connectivity index (χ2n) is 8.97. The number of carbonyl (C=O) groups is 2. The van der Waals surface area contributed by atoms with Gasteiger partial charge in [0, 0.05) is 6.42 Å². The van der Waals surface area contributed by atoms with Gasteiger partial charge in [-0.15, -0.1) is 0 Å². The van der Waals surface area contributed by atoms with Crippen LogP contribution in [0.15, 0.2) is 101 Å². The summed E-state index contributed by atoms with van der Waals surface area (Å²) in [5, 5.41) is 34.1. The molecule has 0 aliphatic carbocycles. The molecule has 0 aromatic heterocycles. The summed E-state index contributed by atoms with van der Waals surface area (Å²) >= 11 is 0. The van der Waals surface area contributed by atoms with Crippen LogP contribution in [-0.4, -0.2) is 28.1 Å². The molecular formula is C30H28N4O4. The van der Waals surface area contributed by atoms with Crippen molar-refractivity contribution in [3.05, 3.63) is 113 Å². The highest BCUT2D eigenvalue weighted by molar-refractivity contribution is 6.02. The maximum Gasteiger partial charge on any atom is 0.255 e. The minimum Gasteiger partial charge on any atom is -0.507 e. The fourth-order valence-corrected chi connectivity index (χ4v) is 3.97. The van der Waals surface area contributed by atoms with Crippen molar-refractivity contribution in [3.8, 4) is 11.5 Å². The van der Waals surface area contributed by atoms with Crippen molar-refractivity contribution in [2.45, 2.75) is 26.3 Å². The van der Waals surface area contributed by atoms with Crippen LogP contribution in [0.25, 0.3) is 0 Å². The zero-order valence-electron chi connectivity index (χ0n) is 21.1. The van der Waals surface area contributed by atoms with Gasteiger partial charge in [0.1, 0.15) is 17.5 Å². The topological polar surface area (TPSA) is 123 Å². The van der Waals surface area contributed by atoms with Gasteiger partial charge in [-0.25, -0.2) is 0 Å². The highest BCUT2D eigenvalue weighted by atomic mass is 16.3. The van der Waals surface area contributed by atoms with E-state index in [2.05, 4.69) is 26.9 Å². The molecule has 4 rings (SSSR count). The first-order valence-corrected chi connectivity index (χ1v) is 12.0. The number of anilines is 1. The van der Waals surface area contributed by atoms with E-state index in [9.17, 15) is 19.8 Å². The Labute approximate surface area is 220 Å². The second-order valence-corrected chi connectivity index (χ2v) is 8.97. The van der Waals surface area contributed by atoms with Crippen LogP contribution in [0.5, 0.6) is 11.5 Å². The van der Waals surface area contributed by atoms with Gasteiger partial charge in [-0.2, -0.15) is 10.2 Å². The third-order valence-electron chi connectivity index (χ3n) is 5.80. The Bertz CT molecular complexity index is 1460. The SMILES string of the molecule is Cc1cc(C)cc(N=Nc2ccc(C[C@H](NC(=O)c3ccccc3O)C(=O)Nc3ccccc3O)cc2)c1. The van der Waals surface area contributed by atoms with E-state index in [-0.39, 0.29) is 29.2 Å². The molecule has 0 spiro atoms. The van der Waals surface area contributed by atoms with Gasteiger partial charge >= 0.3 is 0 Å². The molecule has 0 aliphatic heterocycles. The minimum atomic E-state index is -0.996. The first-order valence-electron chi connectivity index (χ1n) is 12.0. The molecule has 1 atom stereocenters. The summed E-state index contributed by atoms with van der Waals surface area (Å²) in [5.41, 5.74) is 4.66. The first-order chi connectivity index (χ1) is 18.3. The lowest BCUT2D eigenvalue weighted by atomic mass is 10.0. The van der Waals surface area contributed by atoms with E-state index in [0.717, 1.165) is 22.4 Å². The molecule has 0 unspecified atom stereocenters. The summed E-state index contributed by atoms with van der Waals surface area (Å²) in [6.45, 7) is 4.01. The summed E-state index contributed by atoms with van der Waals surface area (Å²) in [5.74, 6) is -1.40. The maximum absolute atomic E-state index is 13.2. The van der Waals surface area contributed by atoms with E-state index in [1.807, 2.05) is 38.1 Å². The average molecular weight is 509 g/mol. The van der Waals surface area contributed by atoms with Crippen molar-refractivity contribution in [1.29, 1.82) is 0 Å². The number of phenols is 2. The van der Waals surface area contributed by atoms with Crippen LogP contribution in [0.1, 0.15) is 27.0 Å². The van der Waals surface area contributed by atoms with Crippen LogP contribution in [-0.2, 0) is 11.2 Å². The van der Waals surface area contributed by atoms with Gasteiger partial charge in [0.15, 0.2) is 0 Å². The Balaban J connectivity index is 1.52. The first kappa shape index (κ1) is 26.1. The summed E-state index contributed by atoms with van der Waals surface area (Å²) in [6, 6.07) is 24.6. The number of aryl methyl sites for hydroxylation is 2. The minimum absolute atomic E-state index is 0.0509. The molecule has 4 aromatic rings. The van der Waals surface area contributed by atoms with Gasteiger partial charge in [0.2, 0.25) is 5.91 Å². The molecule has 4 aromatic carbocycles. The predicted molar refractivity (Wildman–Crippen MR) is 146 cm³/mol. The van der Waals surface area contributed by atoms with Gasteiger partial charge in [-0.05, 0) is 79.1 Å². The van der Waals surface area contributed by atoms with Crippen LogP contribution in [0.2, 0.25) is 0 Å². The van der Waals surface area contributed by atoms with E-state index < -0.39 is 17.9 Å². The van der Waals surface area contributed by atoms with Crippen molar-refractivity contribution in [2.24, 2.45) is 10.2 Å². The van der Waals surface area contributed by atoms with Crippen molar-refractivity contribution >= 4 is 28.9 Å². The number of nitrogens with one attached hydrogen (secondary N) is 2. The molecule has 0 aliphatic rings. The number of para-hydroxylation sites is 3. The van der Waals surface area contributed by atoms with Gasteiger partial charge in [0.25, 0.3) is 5.91 Å². The summed E-state index contributed by atoms with van der Waals surface area (Å²) in [7, 11) is 0. The number of rotatable bonds is 8. The van der Waals surface area contributed by atoms with E-state index in [0.29, 0.717) is 5.69 Å². The van der Waals surface area contributed by atoms with Gasteiger partial charge in [-0.3, -0.25) is 9.59 Å². The lowest BCUT2D eigenvalue weighted by molar-refractivity contribution is -0.118. The highest BCUT2D eigenvalue weighted by Gasteiger charge is 2.24. The molecule has 8 heteroatoms. The summed E-state index contributed by atoms with van der Waals surface area (Å²) < 4.78 is 0. The number of benzene rings is 4. The number of aromatic hydroxyl groups is 2. The van der Waals surface area contributed by atoms with Crippen molar-refractivity contribution < 1.29 is 19.8 Å². The van der Waals surface area contributed by atoms with Crippen molar-refractivity contribution in [1.82, 2.24) is 5.32 Å². The normalized spacial score (nSPS) is 11.7. The number of amides is 2. The Kier molecular flexibility index (Phi) is 8.13. The Morgan fingerprint density at radius 2 is 1.37 bits per heavy atom. The Morgan fingerprint density at radius 1 is 0.763 bits per heavy atom. The number of azo groups is 1. The Hall–Kier alpha value is -4.98. The van der Waals surface area contributed by atoms with Gasteiger partial charge < -0.3 is 20.8 Å². The number of hydrogen-bond acceptors (Lipinski definition) is 6. The Morgan fingerprint density at radius 3 is 2.03 bits per heavy atom. The molecule has 0 saturated heterocycles. The van der Waals surface area contributed by atoms with Crippen LogP contribution in [0.3, 0.4) is 0 Å². The van der Waals surface area contributed by atoms with Gasteiger partial charge in [0.05, 0.1) is 22.6 Å². The highest BCUT2D eigenvalue weighted by Crippen LogP contribution is 2.24. The molecular weight excluding hydrogens is 480 g/mol. The van der Waals surface area contributed by atoms with Crippen molar-refractivity contribution in [3.63, 3.8) is 0 Å². The number of phenolic OH excluding ortho intramolecular Hbond substituents is 2. The van der Waals surface area contributed by atoms with E-state index in [1.165, 1.54) is 18.2 Å². The molecule has 0 heterocycles. The smallest absolute Gasteiger partial charge is 0.255 e. The van der Waals surface area contributed by atoms with E-state index >= 15 is 0 Å². The molecule has 38 heavy (non-hydrogen) atoms. The van der Waals surface area contributed by atoms with Crippen LogP contribution in [0, 0.1) is 13.8 Å². The third-order valence-corrected chi connectivity index (χ3v) is 5.80. The zero-order chi connectivity index (χ0) is 27.1. The zero-order valence-corrected chi connectivity index (χ0v) is 21.1. The lowest BCUT2D eigenvalue weighted by Gasteiger charge is -2.19. The number of hydrogen-bond donors (Lipinski definition) is 4. The molecule has 8 nitrogen and oxygen atoms in total. The summed E-state index contributed by atoms with van der Waals surface area (Å²) in [4.78, 5) is 26.1. The van der Waals surface area contributed by atoms with Crippen LogP contribution >= 0.6 is 0 Å². The quantitative estimate of drug-likeness (QED) is 0.169. The molecule has 2 amide bonds. The second kappa shape index (κ2) is 11.8. The largest absolute Gasteiger partial charge is 0.507 e. The molecule has 4 N–H and O–H groups in total. The molecule has 192 valence electrons. The molecule has 0 radical (unpaired) electrons. The fourth-order valence-electron chi connectivity index (χ4n) is 3.97. The molecule has 0 bridgehead atoms.